The summed E-state index contributed by atoms with van der Waals surface area (Å²) >= 11 is 0. The van der Waals surface area contributed by atoms with E-state index in [2.05, 4.69) is 0 Å². The maximum atomic E-state index is 12.4. The molecule has 25 heavy (non-hydrogen) atoms. The number of nitro benzene ring substituents is 1. The molecule has 1 aromatic carbocycles. The molecule has 1 heterocycles. The maximum Gasteiger partial charge on any atom is 0.269 e. The van der Waals surface area contributed by atoms with Crippen LogP contribution in [0.2, 0.25) is 0 Å². The highest BCUT2D eigenvalue weighted by Gasteiger charge is 2.33. The number of likely N-dealkylation sites (N-methyl/N-ethyl adjacent to an activating group) is 2. The van der Waals surface area contributed by atoms with Gasteiger partial charge in [0, 0.05) is 31.3 Å². The molecule has 0 N–H and O–H groups in total. The van der Waals surface area contributed by atoms with Crippen molar-refractivity contribution >= 4 is 21.4 Å². The van der Waals surface area contributed by atoms with Gasteiger partial charge in [-0.25, -0.2) is 8.42 Å². The summed E-state index contributed by atoms with van der Waals surface area (Å²) < 4.78 is 23.1. The van der Waals surface area contributed by atoms with E-state index < -0.39 is 14.8 Å². The van der Waals surface area contributed by atoms with Gasteiger partial charge in [-0.1, -0.05) is 12.1 Å². The highest BCUT2D eigenvalue weighted by molar-refractivity contribution is 7.91. The van der Waals surface area contributed by atoms with Crippen molar-refractivity contribution in [3.8, 4) is 0 Å². The SMILES string of the molecule is C[C@H](c1cccc([N+](=O)[O-])c1)N(C)CC(=O)N(C)[C@@H]1CCS(=O)(=O)C1. The number of carbonyl (C=O) groups is 1. The standard InChI is InChI=1S/C16H23N3O5S/c1-12(13-5-4-6-14(9-13)19(21)22)17(2)10-16(20)18(3)15-7-8-25(23,24)11-15/h4-6,9,12,15H,7-8,10-11H2,1-3H3/t12-,15-/m1/s1. The van der Waals surface area contributed by atoms with Gasteiger partial charge in [-0.3, -0.25) is 19.8 Å². The molecule has 1 aliphatic heterocycles. The van der Waals surface area contributed by atoms with E-state index in [9.17, 15) is 23.3 Å². The summed E-state index contributed by atoms with van der Waals surface area (Å²) in [5.41, 5.74) is 0.757. The molecule has 2 atom stereocenters. The highest BCUT2D eigenvalue weighted by Crippen LogP contribution is 2.23. The summed E-state index contributed by atoms with van der Waals surface area (Å²) in [5.74, 6) is -0.0314. The average molecular weight is 369 g/mol. The van der Waals surface area contributed by atoms with Gasteiger partial charge in [0.25, 0.3) is 5.69 Å². The molecule has 2 rings (SSSR count). The van der Waals surface area contributed by atoms with Gasteiger partial charge in [-0.2, -0.15) is 0 Å². The number of benzene rings is 1. The molecule has 0 spiro atoms. The Bertz CT molecular complexity index is 765. The van der Waals surface area contributed by atoms with Crippen LogP contribution in [0, 0.1) is 10.1 Å². The molecule has 1 aromatic rings. The molecule has 0 bridgehead atoms. The third kappa shape index (κ3) is 4.76. The van der Waals surface area contributed by atoms with E-state index >= 15 is 0 Å². The Labute approximate surface area is 147 Å². The minimum Gasteiger partial charge on any atom is -0.341 e. The second kappa shape index (κ2) is 7.49. The number of nitrogens with zero attached hydrogens (tertiary/aromatic N) is 3. The lowest BCUT2D eigenvalue weighted by Crippen LogP contribution is -2.43. The van der Waals surface area contributed by atoms with Crippen molar-refractivity contribution in [2.24, 2.45) is 0 Å². The summed E-state index contributed by atoms with van der Waals surface area (Å²) in [6.07, 6.45) is 0.467. The number of rotatable bonds is 6. The predicted octanol–water partition coefficient (Wildman–Crippen LogP) is 1.23. The Kier molecular flexibility index (Phi) is 5.79. The van der Waals surface area contributed by atoms with Crippen LogP contribution < -0.4 is 0 Å². The van der Waals surface area contributed by atoms with Crippen LogP contribution in [0.5, 0.6) is 0 Å². The zero-order chi connectivity index (χ0) is 18.8. The van der Waals surface area contributed by atoms with Crippen molar-refractivity contribution in [2.75, 3.05) is 32.1 Å². The molecule has 1 fully saturated rings. The van der Waals surface area contributed by atoms with Crippen molar-refractivity contribution in [1.82, 2.24) is 9.80 Å². The van der Waals surface area contributed by atoms with Crippen molar-refractivity contribution in [1.29, 1.82) is 0 Å². The largest absolute Gasteiger partial charge is 0.341 e. The lowest BCUT2D eigenvalue weighted by Gasteiger charge is -2.29. The molecule has 0 aromatic heterocycles. The highest BCUT2D eigenvalue weighted by atomic mass is 32.2. The lowest BCUT2D eigenvalue weighted by molar-refractivity contribution is -0.384. The second-order valence-corrected chi connectivity index (χ2v) is 8.73. The number of hydrogen-bond acceptors (Lipinski definition) is 6. The Balaban J connectivity index is 2.00. The first-order chi connectivity index (χ1) is 11.6. The van der Waals surface area contributed by atoms with Gasteiger partial charge in [-0.05, 0) is 26.0 Å². The van der Waals surface area contributed by atoms with Crippen LogP contribution in [0.4, 0.5) is 5.69 Å². The van der Waals surface area contributed by atoms with Crippen LogP contribution in [-0.4, -0.2) is 67.2 Å². The van der Waals surface area contributed by atoms with Crippen LogP contribution >= 0.6 is 0 Å². The normalized spacial score (nSPS) is 20.4. The summed E-state index contributed by atoms with van der Waals surface area (Å²) in [6.45, 7) is 1.98. The van der Waals surface area contributed by atoms with E-state index in [0.29, 0.717) is 6.42 Å². The van der Waals surface area contributed by atoms with E-state index in [4.69, 9.17) is 0 Å². The first kappa shape index (κ1) is 19.3. The molecule has 9 heteroatoms. The fourth-order valence-electron chi connectivity index (χ4n) is 2.90. The van der Waals surface area contributed by atoms with Crippen molar-refractivity contribution in [3.05, 3.63) is 39.9 Å². The van der Waals surface area contributed by atoms with Crippen molar-refractivity contribution < 1.29 is 18.1 Å². The van der Waals surface area contributed by atoms with Crippen molar-refractivity contribution in [3.63, 3.8) is 0 Å². The zero-order valence-electron chi connectivity index (χ0n) is 14.6. The topological polar surface area (TPSA) is 101 Å². The minimum atomic E-state index is -3.05. The molecule has 8 nitrogen and oxygen atoms in total. The van der Waals surface area contributed by atoms with E-state index in [1.165, 1.54) is 17.0 Å². The maximum absolute atomic E-state index is 12.4. The number of non-ortho nitro benzene ring substituents is 1. The average Bonchev–Trinajstić information content (AvgIpc) is 2.93. The number of carbonyl (C=O) groups excluding carboxylic acids is 1. The van der Waals surface area contributed by atoms with Gasteiger partial charge in [0.15, 0.2) is 9.84 Å². The number of hydrogen-bond donors (Lipinski definition) is 0. The van der Waals surface area contributed by atoms with E-state index in [1.54, 1.807) is 31.1 Å². The minimum absolute atomic E-state index is 0.0114. The van der Waals surface area contributed by atoms with E-state index in [1.807, 2.05) is 6.92 Å². The van der Waals surface area contributed by atoms with Gasteiger partial charge in [0.05, 0.1) is 23.0 Å². The molecule has 1 saturated heterocycles. The quantitative estimate of drug-likeness (QED) is 0.552. The van der Waals surface area contributed by atoms with E-state index in [-0.39, 0.29) is 41.7 Å². The zero-order valence-corrected chi connectivity index (χ0v) is 15.4. The molecule has 0 saturated carbocycles. The van der Waals surface area contributed by atoms with Gasteiger partial charge in [0.2, 0.25) is 5.91 Å². The van der Waals surface area contributed by atoms with E-state index in [0.717, 1.165) is 5.56 Å². The monoisotopic (exact) mass is 369 g/mol. The van der Waals surface area contributed by atoms with Crippen LogP contribution in [-0.2, 0) is 14.6 Å². The Morgan fingerprint density at radius 3 is 2.64 bits per heavy atom. The summed E-state index contributed by atoms with van der Waals surface area (Å²) in [6, 6.07) is 5.86. The van der Waals surface area contributed by atoms with Crippen LogP contribution in [0.1, 0.15) is 24.9 Å². The first-order valence-electron chi connectivity index (χ1n) is 8.01. The molecule has 0 unspecified atom stereocenters. The Hall–Kier alpha value is -2.00. The van der Waals surface area contributed by atoms with Crippen LogP contribution in [0.3, 0.4) is 0 Å². The van der Waals surface area contributed by atoms with Crippen LogP contribution in [0.15, 0.2) is 24.3 Å². The molecular formula is C16H23N3O5S. The number of amides is 1. The van der Waals surface area contributed by atoms with Gasteiger partial charge in [0.1, 0.15) is 0 Å². The van der Waals surface area contributed by atoms with Crippen molar-refractivity contribution in [2.45, 2.75) is 25.4 Å². The fourth-order valence-corrected chi connectivity index (χ4v) is 4.67. The second-order valence-electron chi connectivity index (χ2n) is 6.50. The first-order valence-corrected chi connectivity index (χ1v) is 9.83. The molecule has 1 amide bonds. The number of nitro groups is 1. The summed E-state index contributed by atoms with van der Waals surface area (Å²) in [4.78, 5) is 26.2. The summed E-state index contributed by atoms with van der Waals surface area (Å²) in [5, 5.41) is 10.9. The predicted molar refractivity (Wildman–Crippen MR) is 94.0 cm³/mol. The Morgan fingerprint density at radius 2 is 2.08 bits per heavy atom. The Morgan fingerprint density at radius 1 is 1.40 bits per heavy atom. The fraction of sp³-hybridized carbons (Fsp3) is 0.562. The third-order valence-electron chi connectivity index (χ3n) is 4.76. The molecule has 138 valence electrons. The molecule has 0 radical (unpaired) electrons. The molecule has 1 aliphatic rings. The van der Waals surface area contributed by atoms with Gasteiger partial charge < -0.3 is 4.90 Å². The molecule has 0 aliphatic carbocycles. The van der Waals surface area contributed by atoms with Crippen LogP contribution in [0.25, 0.3) is 0 Å². The van der Waals surface area contributed by atoms with Gasteiger partial charge in [-0.15, -0.1) is 0 Å². The lowest BCUT2D eigenvalue weighted by atomic mass is 10.1. The number of sulfone groups is 1. The third-order valence-corrected chi connectivity index (χ3v) is 6.51. The summed E-state index contributed by atoms with van der Waals surface area (Å²) in [7, 11) is 0.343. The smallest absolute Gasteiger partial charge is 0.269 e. The van der Waals surface area contributed by atoms with Gasteiger partial charge >= 0.3 is 0 Å². The molecular weight excluding hydrogens is 346 g/mol.